The van der Waals surface area contributed by atoms with Crippen LogP contribution in [0.2, 0.25) is 0 Å². The fraction of sp³-hybridized carbons (Fsp3) is 0.278. The highest BCUT2D eigenvalue weighted by Gasteiger charge is 2.25. The summed E-state index contributed by atoms with van der Waals surface area (Å²) in [4.78, 5) is 13.1. The van der Waals surface area contributed by atoms with Crippen molar-refractivity contribution in [3.8, 4) is 16.9 Å². The van der Waals surface area contributed by atoms with Crippen molar-refractivity contribution >= 4 is 22.1 Å². The Hall–Kier alpha value is -2.15. The predicted molar refractivity (Wildman–Crippen MR) is 94.5 cm³/mol. The Balaban J connectivity index is 1.92. The number of ether oxygens (including phenoxy) is 1. The number of carbonyl (C=O) groups is 1. The lowest BCUT2D eigenvalue weighted by Gasteiger charge is -2.15. The Labute approximate surface area is 144 Å². The Morgan fingerprint density at radius 1 is 1.29 bits per heavy atom. The van der Waals surface area contributed by atoms with E-state index in [0.717, 1.165) is 27.4 Å². The first-order chi connectivity index (χ1) is 11.4. The third-order valence-corrected chi connectivity index (χ3v) is 4.78. The van der Waals surface area contributed by atoms with E-state index < -0.39 is 4.65 Å². The van der Waals surface area contributed by atoms with E-state index in [9.17, 15) is 10.0 Å². The number of quaternary nitrogens is 1. The van der Waals surface area contributed by atoms with Crippen LogP contribution in [0.15, 0.2) is 41.9 Å². The minimum atomic E-state index is -0.665. The number of rotatable bonds is 5. The minimum Gasteiger partial charge on any atom is -0.494 e. The number of aromatic nitrogens is 1. The Kier molecular flexibility index (Phi) is 4.45. The molecule has 6 heteroatoms. The van der Waals surface area contributed by atoms with Crippen LogP contribution >= 0.6 is 11.3 Å². The summed E-state index contributed by atoms with van der Waals surface area (Å²) in [5, 5.41) is 11.8. The van der Waals surface area contributed by atoms with Gasteiger partial charge in [-0.2, -0.15) is 0 Å². The van der Waals surface area contributed by atoms with Crippen LogP contribution < -0.4 is 4.74 Å². The number of fused-ring (bicyclic) bond motifs is 1. The number of hydrogen-bond acceptors (Lipinski definition) is 4. The largest absolute Gasteiger partial charge is 0.494 e. The van der Waals surface area contributed by atoms with Gasteiger partial charge in [-0.15, -0.1) is 16.0 Å². The average molecular weight is 345 g/mol. The normalized spacial score (nSPS) is 11.8. The molecule has 1 aromatic carbocycles. The summed E-state index contributed by atoms with van der Waals surface area (Å²) in [7, 11) is 2.93. The molecule has 5 nitrogen and oxygen atoms in total. The highest BCUT2D eigenvalue weighted by Crippen LogP contribution is 2.29. The molecule has 3 rings (SSSR count). The van der Waals surface area contributed by atoms with Crippen molar-refractivity contribution < 1.29 is 19.4 Å². The summed E-state index contributed by atoms with van der Waals surface area (Å²) in [6.45, 7) is 2.60. The van der Waals surface area contributed by atoms with Crippen LogP contribution in [0.4, 0.5) is 0 Å². The van der Waals surface area contributed by atoms with E-state index in [1.165, 1.54) is 14.1 Å². The molecule has 0 saturated heterocycles. The van der Waals surface area contributed by atoms with Gasteiger partial charge in [-0.25, -0.2) is 10.0 Å². The van der Waals surface area contributed by atoms with Gasteiger partial charge in [0, 0.05) is 22.8 Å². The zero-order valence-corrected chi connectivity index (χ0v) is 14.8. The average Bonchev–Trinajstić information content (AvgIpc) is 3.09. The fourth-order valence-corrected chi connectivity index (χ4v) is 3.44. The summed E-state index contributed by atoms with van der Waals surface area (Å²) < 4.78 is 6.91. The SMILES string of the molecule is CCOc1cccc(-c2cc3scc(CC(=O)[N+](C)(C)O)n3c2)c1. The van der Waals surface area contributed by atoms with Gasteiger partial charge in [0.25, 0.3) is 0 Å². The molecule has 1 amide bonds. The predicted octanol–water partition coefficient (Wildman–Crippen LogP) is 3.60. The first-order valence-electron chi connectivity index (χ1n) is 7.80. The van der Waals surface area contributed by atoms with Crippen LogP contribution in [0.1, 0.15) is 12.6 Å². The second-order valence-electron chi connectivity index (χ2n) is 6.09. The lowest BCUT2D eigenvalue weighted by atomic mass is 10.1. The van der Waals surface area contributed by atoms with Crippen LogP contribution in [0.3, 0.4) is 0 Å². The van der Waals surface area contributed by atoms with Gasteiger partial charge in [-0.05, 0) is 30.7 Å². The molecule has 0 atom stereocenters. The molecular formula is C18H21N2O3S+. The number of likely N-dealkylation sites (N-methyl/N-ethyl adjacent to an activating group) is 1. The van der Waals surface area contributed by atoms with Gasteiger partial charge >= 0.3 is 5.91 Å². The molecule has 3 aromatic rings. The maximum atomic E-state index is 12.1. The third-order valence-electron chi connectivity index (χ3n) is 3.83. The number of hydroxylamine groups is 3. The molecule has 2 aromatic heterocycles. The molecule has 0 radical (unpaired) electrons. The van der Waals surface area contributed by atoms with Crippen molar-refractivity contribution in [2.45, 2.75) is 13.3 Å². The molecule has 0 saturated carbocycles. The van der Waals surface area contributed by atoms with Gasteiger partial charge in [-0.1, -0.05) is 12.1 Å². The molecule has 24 heavy (non-hydrogen) atoms. The summed E-state index contributed by atoms with van der Waals surface area (Å²) >= 11 is 1.59. The number of carbonyl (C=O) groups excluding carboxylic acids is 1. The topological polar surface area (TPSA) is 50.9 Å². The number of amides is 1. The van der Waals surface area contributed by atoms with E-state index in [-0.39, 0.29) is 12.3 Å². The third kappa shape index (κ3) is 3.36. The summed E-state index contributed by atoms with van der Waals surface area (Å²) in [5.41, 5.74) is 3.04. The maximum absolute atomic E-state index is 12.1. The molecule has 0 aliphatic rings. The van der Waals surface area contributed by atoms with Gasteiger partial charge in [0.15, 0.2) is 0 Å². The molecular weight excluding hydrogens is 324 g/mol. The lowest BCUT2D eigenvalue weighted by molar-refractivity contribution is -1.01. The van der Waals surface area contributed by atoms with E-state index in [0.29, 0.717) is 6.61 Å². The second-order valence-corrected chi connectivity index (χ2v) is 6.98. The van der Waals surface area contributed by atoms with E-state index in [2.05, 4.69) is 6.07 Å². The van der Waals surface area contributed by atoms with Crippen LogP contribution in [-0.2, 0) is 11.2 Å². The second kappa shape index (κ2) is 6.39. The summed E-state index contributed by atoms with van der Waals surface area (Å²) in [6, 6.07) is 10.1. The first-order valence-corrected chi connectivity index (χ1v) is 8.68. The van der Waals surface area contributed by atoms with Gasteiger partial charge in [-0.3, -0.25) is 0 Å². The maximum Gasteiger partial charge on any atom is 0.351 e. The van der Waals surface area contributed by atoms with E-state index >= 15 is 0 Å². The molecule has 126 valence electrons. The monoisotopic (exact) mass is 345 g/mol. The van der Waals surface area contributed by atoms with Crippen molar-refractivity contribution in [1.29, 1.82) is 0 Å². The Bertz CT molecular complexity index is 874. The fourth-order valence-electron chi connectivity index (χ4n) is 2.51. The summed E-state index contributed by atoms with van der Waals surface area (Å²) in [5.74, 6) is 0.600. The van der Waals surface area contributed by atoms with E-state index in [1.807, 2.05) is 47.2 Å². The lowest BCUT2D eigenvalue weighted by Crippen LogP contribution is -2.43. The molecule has 0 unspecified atom stereocenters. The number of nitrogens with zero attached hydrogens (tertiary/aromatic N) is 2. The van der Waals surface area contributed by atoms with Gasteiger partial charge in [0.1, 0.15) is 26.3 Å². The number of benzene rings is 1. The van der Waals surface area contributed by atoms with Crippen molar-refractivity contribution in [3.05, 3.63) is 47.6 Å². The van der Waals surface area contributed by atoms with Crippen molar-refractivity contribution in [2.75, 3.05) is 20.7 Å². The van der Waals surface area contributed by atoms with Gasteiger partial charge in [0.05, 0.1) is 11.4 Å². The number of hydrogen-bond donors (Lipinski definition) is 1. The van der Waals surface area contributed by atoms with Crippen molar-refractivity contribution in [3.63, 3.8) is 0 Å². The van der Waals surface area contributed by atoms with Gasteiger partial charge in [0.2, 0.25) is 0 Å². The van der Waals surface area contributed by atoms with Crippen molar-refractivity contribution in [1.82, 2.24) is 4.40 Å². The minimum absolute atomic E-state index is 0.191. The first kappa shape index (κ1) is 16.7. The highest BCUT2D eigenvalue weighted by molar-refractivity contribution is 7.15. The van der Waals surface area contributed by atoms with Crippen LogP contribution in [0.25, 0.3) is 16.0 Å². The van der Waals surface area contributed by atoms with Crippen LogP contribution in [0, 0.1) is 0 Å². The Morgan fingerprint density at radius 2 is 2.08 bits per heavy atom. The standard InChI is InChI=1S/C18H21N2O3S/c1-4-23-16-7-5-6-13(8-16)14-9-17-19(11-14)15(12-24-17)10-18(21)20(2,3)22/h5-9,11-12,22H,4,10H2,1-3H3/q+1. The molecule has 0 aliphatic heterocycles. The van der Waals surface area contributed by atoms with E-state index in [4.69, 9.17) is 4.74 Å². The molecule has 2 heterocycles. The van der Waals surface area contributed by atoms with Crippen LogP contribution in [-0.4, -0.2) is 40.9 Å². The Morgan fingerprint density at radius 3 is 2.79 bits per heavy atom. The smallest absolute Gasteiger partial charge is 0.351 e. The van der Waals surface area contributed by atoms with E-state index in [1.54, 1.807) is 11.3 Å². The molecule has 0 bridgehead atoms. The quantitative estimate of drug-likeness (QED) is 0.437. The molecule has 0 aliphatic carbocycles. The highest BCUT2D eigenvalue weighted by atomic mass is 32.1. The van der Waals surface area contributed by atoms with Crippen LogP contribution in [0.5, 0.6) is 5.75 Å². The van der Waals surface area contributed by atoms with Crippen molar-refractivity contribution in [2.24, 2.45) is 0 Å². The molecule has 0 spiro atoms. The zero-order valence-electron chi connectivity index (χ0n) is 14.0. The van der Waals surface area contributed by atoms with Gasteiger partial charge < -0.3 is 9.14 Å². The summed E-state index contributed by atoms with van der Waals surface area (Å²) in [6.07, 6.45) is 2.22. The number of thiazole rings is 1. The molecule has 1 N–H and O–H groups in total. The zero-order chi connectivity index (χ0) is 17.3. The molecule has 0 fully saturated rings.